The van der Waals surface area contributed by atoms with Crippen molar-refractivity contribution in [1.82, 2.24) is 0 Å². The third-order valence-corrected chi connectivity index (χ3v) is 4.91. The standard InChI is InChI=1S/C17H17Cl3N2/c18-11-1-5-14(6-2-11)22-10-13(21)4-8-17(22)15-7-3-12(19)9-16(15)20/h1-3,5-7,9,13,17H,4,8,10,21H2. The van der Waals surface area contributed by atoms with Crippen LogP contribution in [0.4, 0.5) is 5.69 Å². The fourth-order valence-corrected chi connectivity index (χ4v) is 3.67. The van der Waals surface area contributed by atoms with Gasteiger partial charge in [-0.05, 0) is 54.8 Å². The van der Waals surface area contributed by atoms with Gasteiger partial charge in [0.1, 0.15) is 0 Å². The SMILES string of the molecule is NC1CCC(c2ccc(Cl)cc2Cl)N(c2ccc(Cl)cc2)C1. The minimum absolute atomic E-state index is 0.165. The van der Waals surface area contributed by atoms with Crippen molar-refractivity contribution in [3.63, 3.8) is 0 Å². The third-order valence-electron chi connectivity index (χ3n) is 4.10. The van der Waals surface area contributed by atoms with Gasteiger partial charge in [0.2, 0.25) is 0 Å². The Morgan fingerprint density at radius 2 is 1.59 bits per heavy atom. The Bertz CT molecular complexity index is 657. The summed E-state index contributed by atoms with van der Waals surface area (Å²) in [6.45, 7) is 0.797. The maximum Gasteiger partial charge on any atom is 0.0558 e. The molecule has 2 aromatic carbocycles. The highest BCUT2D eigenvalue weighted by Crippen LogP contribution is 2.38. The van der Waals surface area contributed by atoms with Gasteiger partial charge in [-0.15, -0.1) is 0 Å². The molecule has 0 aromatic heterocycles. The first-order valence-corrected chi connectivity index (χ1v) is 8.41. The minimum atomic E-state index is 0.165. The fourth-order valence-electron chi connectivity index (χ4n) is 3.01. The monoisotopic (exact) mass is 354 g/mol. The van der Waals surface area contributed by atoms with E-state index in [0.717, 1.165) is 35.7 Å². The number of hydrogen-bond acceptors (Lipinski definition) is 2. The van der Waals surface area contributed by atoms with Crippen molar-refractivity contribution in [1.29, 1.82) is 0 Å². The Labute approximate surface area is 145 Å². The smallest absolute Gasteiger partial charge is 0.0558 e. The van der Waals surface area contributed by atoms with Crippen LogP contribution in [0, 0.1) is 0 Å². The van der Waals surface area contributed by atoms with Gasteiger partial charge in [-0.1, -0.05) is 40.9 Å². The van der Waals surface area contributed by atoms with Crippen molar-refractivity contribution >= 4 is 40.5 Å². The van der Waals surface area contributed by atoms with Gasteiger partial charge in [-0.3, -0.25) is 0 Å². The van der Waals surface area contributed by atoms with E-state index in [0.29, 0.717) is 10.0 Å². The van der Waals surface area contributed by atoms with Crippen LogP contribution in [-0.4, -0.2) is 12.6 Å². The van der Waals surface area contributed by atoms with Crippen molar-refractivity contribution in [2.45, 2.75) is 24.9 Å². The molecule has 2 nitrogen and oxygen atoms in total. The number of piperidine rings is 1. The van der Waals surface area contributed by atoms with Crippen LogP contribution >= 0.6 is 34.8 Å². The summed E-state index contributed by atoms with van der Waals surface area (Å²) in [6.07, 6.45) is 1.94. The molecule has 1 fully saturated rings. The van der Waals surface area contributed by atoms with E-state index in [-0.39, 0.29) is 12.1 Å². The Morgan fingerprint density at radius 1 is 0.909 bits per heavy atom. The average molecular weight is 356 g/mol. The Hall–Kier alpha value is -0.930. The van der Waals surface area contributed by atoms with Crippen LogP contribution in [0.3, 0.4) is 0 Å². The van der Waals surface area contributed by atoms with Crippen molar-refractivity contribution in [2.75, 3.05) is 11.4 Å². The molecule has 2 N–H and O–H groups in total. The van der Waals surface area contributed by atoms with Crippen molar-refractivity contribution in [3.05, 3.63) is 63.1 Å². The highest BCUT2D eigenvalue weighted by Gasteiger charge is 2.29. The first-order valence-electron chi connectivity index (χ1n) is 7.27. The van der Waals surface area contributed by atoms with Gasteiger partial charge < -0.3 is 10.6 Å². The van der Waals surface area contributed by atoms with Crippen LogP contribution in [0.5, 0.6) is 0 Å². The summed E-state index contributed by atoms with van der Waals surface area (Å²) >= 11 is 18.4. The highest BCUT2D eigenvalue weighted by molar-refractivity contribution is 6.35. The zero-order valence-electron chi connectivity index (χ0n) is 12.0. The number of nitrogens with two attached hydrogens (primary N) is 1. The van der Waals surface area contributed by atoms with Crippen molar-refractivity contribution in [3.8, 4) is 0 Å². The van der Waals surface area contributed by atoms with Crippen LogP contribution in [0.1, 0.15) is 24.4 Å². The van der Waals surface area contributed by atoms with Gasteiger partial charge in [-0.25, -0.2) is 0 Å². The lowest BCUT2D eigenvalue weighted by atomic mass is 9.92. The van der Waals surface area contributed by atoms with Crippen LogP contribution in [0.15, 0.2) is 42.5 Å². The van der Waals surface area contributed by atoms with Crippen molar-refractivity contribution in [2.24, 2.45) is 5.73 Å². The second-order valence-corrected chi connectivity index (χ2v) is 6.93. The molecule has 3 rings (SSSR count). The van der Waals surface area contributed by atoms with Crippen LogP contribution < -0.4 is 10.6 Å². The van der Waals surface area contributed by atoms with Crippen LogP contribution in [0.25, 0.3) is 0 Å². The number of halogens is 3. The summed E-state index contributed by atoms with van der Waals surface area (Å²) in [5.74, 6) is 0. The summed E-state index contributed by atoms with van der Waals surface area (Å²) in [5.41, 5.74) is 8.37. The maximum atomic E-state index is 6.41. The zero-order chi connectivity index (χ0) is 15.7. The lowest BCUT2D eigenvalue weighted by molar-refractivity contribution is 0.427. The van der Waals surface area contributed by atoms with Crippen molar-refractivity contribution < 1.29 is 0 Å². The van der Waals surface area contributed by atoms with E-state index in [2.05, 4.69) is 4.90 Å². The molecule has 5 heteroatoms. The Kier molecular flexibility index (Phi) is 4.84. The molecule has 0 bridgehead atoms. The topological polar surface area (TPSA) is 29.3 Å². The molecule has 116 valence electrons. The lowest BCUT2D eigenvalue weighted by Gasteiger charge is -2.41. The molecule has 0 saturated carbocycles. The largest absolute Gasteiger partial charge is 0.363 e. The average Bonchev–Trinajstić information content (AvgIpc) is 2.49. The number of benzene rings is 2. The minimum Gasteiger partial charge on any atom is -0.363 e. The Morgan fingerprint density at radius 3 is 2.27 bits per heavy atom. The molecule has 22 heavy (non-hydrogen) atoms. The first kappa shape index (κ1) is 15.9. The van der Waals surface area contributed by atoms with E-state index in [1.807, 2.05) is 36.4 Å². The van der Waals surface area contributed by atoms with E-state index in [4.69, 9.17) is 40.5 Å². The molecule has 2 unspecified atom stereocenters. The van der Waals surface area contributed by atoms with Gasteiger partial charge in [0.15, 0.2) is 0 Å². The molecule has 2 atom stereocenters. The molecule has 0 spiro atoms. The van der Waals surface area contributed by atoms with Crippen LogP contribution in [0.2, 0.25) is 15.1 Å². The fraction of sp³-hybridized carbons (Fsp3) is 0.294. The lowest BCUT2D eigenvalue weighted by Crippen LogP contribution is -2.44. The normalized spacial score (nSPS) is 21.9. The van der Waals surface area contributed by atoms with E-state index in [1.54, 1.807) is 6.07 Å². The van der Waals surface area contributed by atoms with E-state index < -0.39 is 0 Å². The Balaban J connectivity index is 1.98. The summed E-state index contributed by atoms with van der Waals surface area (Å²) in [7, 11) is 0. The summed E-state index contributed by atoms with van der Waals surface area (Å²) in [5, 5.41) is 2.08. The molecular weight excluding hydrogens is 339 g/mol. The van der Waals surface area contributed by atoms with E-state index >= 15 is 0 Å². The third kappa shape index (κ3) is 3.36. The summed E-state index contributed by atoms with van der Waals surface area (Å²) < 4.78 is 0. The highest BCUT2D eigenvalue weighted by atomic mass is 35.5. The molecule has 1 aliphatic heterocycles. The van der Waals surface area contributed by atoms with Gasteiger partial charge in [0, 0.05) is 33.3 Å². The van der Waals surface area contributed by atoms with Gasteiger partial charge in [0.25, 0.3) is 0 Å². The number of rotatable bonds is 2. The maximum absolute atomic E-state index is 6.41. The van der Waals surface area contributed by atoms with Gasteiger partial charge in [0.05, 0.1) is 6.04 Å². The molecule has 1 heterocycles. The first-order chi connectivity index (χ1) is 10.5. The second kappa shape index (κ2) is 6.67. The molecular formula is C17H17Cl3N2. The zero-order valence-corrected chi connectivity index (χ0v) is 14.2. The predicted molar refractivity (Wildman–Crippen MR) is 95.2 cm³/mol. The number of hydrogen-bond donors (Lipinski definition) is 1. The number of nitrogens with zero attached hydrogens (tertiary/aromatic N) is 1. The van der Waals surface area contributed by atoms with Crippen LogP contribution in [-0.2, 0) is 0 Å². The molecule has 0 radical (unpaired) electrons. The second-order valence-electron chi connectivity index (χ2n) is 5.65. The summed E-state index contributed by atoms with van der Waals surface area (Å²) in [4.78, 5) is 2.31. The van der Waals surface area contributed by atoms with Gasteiger partial charge >= 0.3 is 0 Å². The van der Waals surface area contributed by atoms with E-state index in [9.17, 15) is 0 Å². The van der Waals surface area contributed by atoms with Gasteiger partial charge in [-0.2, -0.15) is 0 Å². The predicted octanol–water partition coefficient (Wildman–Crippen LogP) is 5.32. The molecule has 0 amide bonds. The number of anilines is 1. The van der Waals surface area contributed by atoms with E-state index in [1.165, 1.54) is 0 Å². The summed E-state index contributed by atoms with van der Waals surface area (Å²) in [6, 6.07) is 13.9. The molecule has 1 saturated heterocycles. The molecule has 2 aromatic rings. The molecule has 0 aliphatic carbocycles. The quantitative estimate of drug-likeness (QED) is 0.790. The molecule has 1 aliphatic rings.